The summed E-state index contributed by atoms with van der Waals surface area (Å²) >= 11 is 0. The van der Waals surface area contributed by atoms with Gasteiger partial charge in [0, 0.05) is 18.6 Å². The molecular weight excluding hydrogens is 200 g/mol. The molecule has 1 unspecified atom stereocenters. The number of nitrogens with two attached hydrogens (primary N) is 1. The van der Waals surface area contributed by atoms with E-state index in [0.717, 1.165) is 17.9 Å². The molecule has 0 saturated heterocycles. The van der Waals surface area contributed by atoms with Crippen LogP contribution in [0.5, 0.6) is 5.75 Å². The van der Waals surface area contributed by atoms with E-state index in [1.54, 1.807) is 7.11 Å². The third-order valence-electron chi connectivity index (χ3n) is 2.91. The number of nitrogens with zero attached hydrogens (tertiary/aromatic N) is 1. The Kier molecular flexibility index (Phi) is 4.77. The van der Waals surface area contributed by atoms with Crippen LogP contribution in [-0.4, -0.2) is 31.6 Å². The van der Waals surface area contributed by atoms with Gasteiger partial charge in [-0.25, -0.2) is 0 Å². The molecule has 3 heteroatoms. The Morgan fingerprint density at radius 2 is 1.81 bits per heavy atom. The first-order chi connectivity index (χ1) is 7.54. The number of hydrogen-bond donors (Lipinski definition) is 1. The van der Waals surface area contributed by atoms with Gasteiger partial charge < -0.3 is 15.4 Å². The minimum Gasteiger partial charge on any atom is -0.497 e. The first-order valence-electron chi connectivity index (χ1n) is 5.64. The maximum Gasteiger partial charge on any atom is 0.118 e. The molecule has 0 heterocycles. The summed E-state index contributed by atoms with van der Waals surface area (Å²) in [6, 6.07) is 8.52. The second kappa shape index (κ2) is 5.87. The van der Waals surface area contributed by atoms with E-state index >= 15 is 0 Å². The summed E-state index contributed by atoms with van der Waals surface area (Å²) in [6.45, 7) is 5.20. The van der Waals surface area contributed by atoms with Crippen LogP contribution in [0.25, 0.3) is 0 Å². The Labute approximate surface area is 98.2 Å². The minimum atomic E-state index is 0.0540. The Hall–Kier alpha value is -1.06. The zero-order valence-corrected chi connectivity index (χ0v) is 10.6. The van der Waals surface area contributed by atoms with E-state index in [0.29, 0.717) is 6.04 Å². The number of rotatable bonds is 5. The van der Waals surface area contributed by atoms with Crippen molar-refractivity contribution < 1.29 is 4.74 Å². The maximum absolute atomic E-state index is 6.14. The van der Waals surface area contributed by atoms with Crippen molar-refractivity contribution in [1.29, 1.82) is 0 Å². The number of hydrogen-bond acceptors (Lipinski definition) is 3. The quantitative estimate of drug-likeness (QED) is 0.828. The van der Waals surface area contributed by atoms with Crippen molar-refractivity contribution in [1.82, 2.24) is 4.90 Å². The second-order valence-electron chi connectivity index (χ2n) is 4.41. The van der Waals surface area contributed by atoms with Crippen molar-refractivity contribution in [2.24, 2.45) is 5.73 Å². The van der Waals surface area contributed by atoms with E-state index in [1.807, 2.05) is 24.3 Å². The van der Waals surface area contributed by atoms with E-state index in [-0.39, 0.29) is 6.04 Å². The third-order valence-corrected chi connectivity index (χ3v) is 2.91. The summed E-state index contributed by atoms with van der Waals surface area (Å²) in [4.78, 5) is 2.24. The summed E-state index contributed by atoms with van der Waals surface area (Å²) in [7, 11) is 3.76. The van der Waals surface area contributed by atoms with Gasteiger partial charge in [0.25, 0.3) is 0 Å². The van der Waals surface area contributed by atoms with Gasteiger partial charge in [0.05, 0.1) is 7.11 Å². The van der Waals surface area contributed by atoms with Crippen LogP contribution in [0.2, 0.25) is 0 Å². The topological polar surface area (TPSA) is 38.5 Å². The molecule has 90 valence electrons. The molecule has 0 fully saturated rings. The molecule has 0 aliphatic rings. The highest BCUT2D eigenvalue weighted by Gasteiger charge is 2.11. The Balaban J connectivity index is 2.62. The lowest BCUT2D eigenvalue weighted by molar-refractivity contribution is 0.257. The Bertz CT molecular complexity index is 308. The molecule has 0 amide bonds. The first-order valence-corrected chi connectivity index (χ1v) is 5.64. The highest BCUT2D eigenvalue weighted by Crippen LogP contribution is 2.17. The van der Waals surface area contributed by atoms with Crippen molar-refractivity contribution >= 4 is 0 Å². The smallest absolute Gasteiger partial charge is 0.118 e. The lowest BCUT2D eigenvalue weighted by Gasteiger charge is -2.25. The van der Waals surface area contributed by atoms with Gasteiger partial charge in [-0.1, -0.05) is 12.1 Å². The normalized spacial score (nSPS) is 13.2. The summed E-state index contributed by atoms with van der Waals surface area (Å²) < 4.78 is 5.12. The molecule has 2 N–H and O–H groups in total. The fraction of sp³-hybridized carbons (Fsp3) is 0.538. The Morgan fingerprint density at radius 3 is 2.25 bits per heavy atom. The monoisotopic (exact) mass is 222 g/mol. The Morgan fingerprint density at radius 1 is 1.25 bits per heavy atom. The first kappa shape index (κ1) is 13.0. The van der Waals surface area contributed by atoms with Gasteiger partial charge in [0.1, 0.15) is 5.75 Å². The number of likely N-dealkylation sites (N-methyl/N-ethyl adjacent to an activating group) is 1. The fourth-order valence-electron chi connectivity index (χ4n) is 1.48. The molecule has 1 atom stereocenters. The average molecular weight is 222 g/mol. The minimum absolute atomic E-state index is 0.0540. The van der Waals surface area contributed by atoms with Crippen molar-refractivity contribution in [3.05, 3.63) is 29.8 Å². The van der Waals surface area contributed by atoms with Gasteiger partial charge in [-0.15, -0.1) is 0 Å². The van der Waals surface area contributed by atoms with E-state index < -0.39 is 0 Å². The summed E-state index contributed by atoms with van der Waals surface area (Å²) in [5.41, 5.74) is 7.29. The maximum atomic E-state index is 6.14. The molecule has 1 rings (SSSR count). The van der Waals surface area contributed by atoms with Gasteiger partial charge >= 0.3 is 0 Å². The molecule has 1 aromatic rings. The fourth-order valence-corrected chi connectivity index (χ4v) is 1.48. The van der Waals surface area contributed by atoms with Crippen molar-refractivity contribution in [3.8, 4) is 5.75 Å². The SMILES string of the molecule is COc1ccc(C(N)CN(C)C(C)C)cc1. The molecule has 0 aromatic heterocycles. The van der Waals surface area contributed by atoms with Crippen LogP contribution in [0.15, 0.2) is 24.3 Å². The molecule has 0 saturated carbocycles. The average Bonchev–Trinajstić information content (AvgIpc) is 2.28. The summed E-state index contributed by atoms with van der Waals surface area (Å²) in [5, 5.41) is 0. The highest BCUT2D eigenvalue weighted by molar-refractivity contribution is 5.29. The van der Waals surface area contributed by atoms with Crippen molar-refractivity contribution in [2.75, 3.05) is 20.7 Å². The van der Waals surface area contributed by atoms with Crippen LogP contribution in [0.1, 0.15) is 25.5 Å². The van der Waals surface area contributed by atoms with Crippen molar-refractivity contribution in [3.63, 3.8) is 0 Å². The highest BCUT2D eigenvalue weighted by atomic mass is 16.5. The van der Waals surface area contributed by atoms with Crippen LogP contribution in [0.4, 0.5) is 0 Å². The standard InChI is InChI=1S/C13H22N2O/c1-10(2)15(3)9-13(14)11-5-7-12(16-4)8-6-11/h5-8,10,13H,9,14H2,1-4H3. The number of methoxy groups -OCH3 is 1. The van der Waals surface area contributed by atoms with Gasteiger partial charge in [0.15, 0.2) is 0 Å². The molecule has 3 nitrogen and oxygen atoms in total. The van der Waals surface area contributed by atoms with Gasteiger partial charge in [-0.05, 0) is 38.6 Å². The second-order valence-corrected chi connectivity index (χ2v) is 4.41. The van der Waals surface area contributed by atoms with Crippen LogP contribution in [-0.2, 0) is 0 Å². The molecular formula is C13H22N2O. The van der Waals surface area contributed by atoms with E-state index in [4.69, 9.17) is 10.5 Å². The predicted octanol–water partition coefficient (Wildman–Crippen LogP) is 2.04. The number of benzene rings is 1. The van der Waals surface area contributed by atoms with Crippen LogP contribution >= 0.6 is 0 Å². The zero-order chi connectivity index (χ0) is 12.1. The molecule has 16 heavy (non-hydrogen) atoms. The molecule has 0 bridgehead atoms. The molecule has 0 aliphatic carbocycles. The van der Waals surface area contributed by atoms with Gasteiger partial charge in [-0.3, -0.25) is 0 Å². The van der Waals surface area contributed by atoms with Crippen LogP contribution < -0.4 is 10.5 Å². The van der Waals surface area contributed by atoms with Gasteiger partial charge in [0.2, 0.25) is 0 Å². The van der Waals surface area contributed by atoms with E-state index in [9.17, 15) is 0 Å². The molecule has 1 aromatic carbocycles. The molecule has 0 spiro atoms. The predicted molar refractivity (Wildman–Crippen MR) is 67.7 cm³/mol. The summed E-state index contributed by atoms with van der Waals surface area (Å²) in [5.74, 6) is 0.869. The largest absolute Gasteiger partial charge is 0.497 e. The molecule has 0 radical (unpaired) electrons. The number of ether oxygens (including phenoxy) is 1. The van der Waals surface area contributed by atoms with Crippen molar-refractivity contribution in [2.45, 2.75) is 25.9 Å². The van der Waals surface area contributed by atoms with E-state index in [2.05, 4.69) is 25.8 Å². The molecule has 0 aliphatic heterocycles. The van der Waals surface area contributed by atoms with Crippen LogP contribution in [0.3, 0.4) is 0 Å². The lowest BCUT2D eigenvalue weighted by Crippen LogP contribution is -2.33. The third kappa shape index (κ3) is 3.51. The van der Waals surface area contributed by atoms with Crippen LogP contribution in [0, 0.1) is 0 Å². The van der Waals surface area contributed by atoms with E-state index in [1.165, 1.54) is 0 Å². The zero-order valence-electron chi connectivity index (χ0n) is 10.6. The van der Waals surface area contributed by atoms with Gasteiger partial charge in [-0.2, -0.15) is 0 Å². The summed E-state index contributed by atoms with van der Waals surface area (Å²) in [6.07, 6.45) is 0. The lowest BCUT2D eigenvalue weighted by atomic mass is 10.1.